The molecule has 112 valence electrons. The SMILES string of the molecule is COc1cnc(C(O)c2ccc(C)cc2OC)c(OC)n1. The van der Waals surface area contributed by atoms with E-state index in [9.17, 15) is 5.11 Å². The second-order valence-electron chi connectivity index (χ2n) is 4.45. The number of rotatable bonds is 5. The smallest absolute Gasteiger partial charge is 0.241 e. The highest BCUT2D eigenvalue weighted by Gasteiger charge is 2.22. The highest BCUT2D eigenvalue weighted by Crippen LogP contribution is 2.33. The van der Waals surface area contributed by atoms with Gasteiger partial charge >= 0.3 is 0 Å². The summed E-state index contributed by atoms with van der Waals surface area (Å²) in [5, 5.41) is 10.6. The number of methoxy groups -OCH3 is 3. The third-order valence-corrected chi connectivity index (χ3v) is 3.09. The van der Waals surface area contributed by atoms with Crippen LogP contribution in [-0.4, -0.2) is 36.4 Å². The highest BCUT2D eigenvalue weighted by molar-refractivity contribution is 5.43. The van der Waals surface area contributed by atoms with Crippen LogP contribution in [0.15, 0.2) is 24.4 Å². The molecule has 0 spiro atoms. The lowest BCUT2D eigenvalue weighted by Crippen LogP contribution is -2.08. The predicted molar refractivity (Wildman–Crippen MR) is 76.9 cm³/mol. The Morgan fingerprint density at radius 3 is 2.48 bits per heavy atom. The van der Waals surface area contributed by atoms with Crippen LogP contribution in [0.4, 0.5) is 0 Å². The molecule has 0 aliphatic rings. The van der Waals surface area contributed by atoms with Gasteiger partial charge < -0.3 is 19.3 Å². The van der Waals surface area contributed by atoms with Gasteiger partial charge in [0.1, 0.15) is 17.5 Å². The van der Waals surface area contributed by atoms with Crippen LogP contribution < -0.4 is 14.2 Å². The molecule has 2 aromatic rings. The topological polar surface area (TPSA) is 73.7 Å². The van der Waals surface area contributed by atoms with Gasteiger partial charge in [-0.2, -0.15) is 4.98 Å². The molecule has 0 bridgehead atoms. The number of ether oxygens (including phenoxy) is 3. The zero-order valence-electron chi connectivity index (χ0n) is 12.5. The molecule has 0 aliphatic carbocycles. The van der Waals surface area contributed by atoms with E-state index < -0.39 is 6.10 Å². The molecule has 0 amide bonds. The number of aliphatic hydroxyl groups is 1. The molecule has 1 atom stereocenters. The van der Waals surface area contributed by atoms with Gasteiger partial charge in [-0.15, -0.1) is 0 Å². The van der Waals surface area contributed by atoms with E-state index in [1.54, 1.807) is 13.2 Å². The third kappa shape index (κ3) is 3.05. The molecule has 2 rings (SSSR count). The van der Waals surface area contributed by atoms with Gasteiger partial charge in [0.25, 0.3) is 0 Å². The van der Waals surface area contributed by atoms with E-state index in [4.69, 9.17) is 14.2 Å². The average Bonchev–Trinajstić information content (AvgIpc) is 2.53. The van der Waals surface area contributed by atoms with Gasteiger partial charge in [-0.25, -0.2) is 4.98 Å². The van der Waals surface area contributed by atoms with Crippen molar-refractivity contribution in [2.24, 2.45) is 0 Å². The van der Waals surface area contributed by atoms with Gasteiger partial charge in [0, 0.05) is 5.56 Å². The Morgan fingerprint density at radius 2 is 1.86 bits per heavy atom. The predicted octanol–water partition coefficient (Wildman–Crippen LogP) is 1.89. The molecule has 0 fully saturated rings. The summed E-state index contributed by atoms with van der Waals surface area (Å²) in [5.41, 5.74) is 1.94. The standard InChI is InChI=1S/C15H18N2O4/c1-9-5-6-10(11(7-9)19-2)14(18)13-15(21-4)17-12(20-3)8-16-13/h5-8,14,18H,1-4H3. The first-order valence-corrected chi connectivity index (χ1v) is 6.38. The molecule has 6 nitrogen and oxygen atoms in total. The number of hydrogen-bond donors (Lipinski definition) is 1. The second kappa shape index (κ2) is 6.41. The van der Waals surface area contributed by atoms with Crippen molar-refractivity contribution in [2.75, 3.05) is 21.3 Å². The number of aromatic nitrogens is 2. The lowest BCUT2D eigenvalue weighted by Gasteiger charge is -2.16. The van der Waals surface area contributed by atoms with Crippen molar-refractivity contribution >= 4 is 0 Å². The molecular formula is C15H18N2O4. The van der Waals surface area contributed by atoms with Crippen LogP contribution in [0, 0.1) is 6.92 Å². The number of benzene rings is 1. The highest BCUT2D eigenvalue weighted by atomic mass is 16.5. The van der Waals surface area contributed by atoms with Crippen LogP contribution in [0.25, 0.3) is 0 Å². The molecule has 1 N–H and O–H groups in total. The van der Waals surface area contributed by atoms with Crippen molar-refractivity contribution < 1.29 is 19.3 Å². The molecule has 0 saturated carbocycles. The van der Waals surface area contributed by atoms with Gasteiger partial charge in [0.05, 0.1) is 27.5 Å². The van der Waals surface area contributed by atoms with E-state index in [-0.39, 0.29) is 5.88 Å². The molecule has 0 aliphatic heterocycles. The van der Waals surface area contributed by atoms with E-state index >= 15 is 0 Å². The summed E-state index contributed by atoms with van der Waals surface area (Å²) < 4.78 is 15.5. The molecule has 21 heavy (non-hydrogen) atoms. The summed E-state index contributed by atoms with van der Waals surface area (Å²) >= 11 is 0. The summed E-state index contributed by atoms with van der Waals surface area (Å²) in [4.78, 5) is 8.30. The van der Waals surface area contributed by atoms with Gasteiger partial charge in [-0.05, 0) is 18.6 Å². The van der Waals surface area contributed by atoms with Gasteiger partial charge in [-0.3, -0.25) is 0 Å². The maximum Gasteiger partial charge on any atom is 0.241 e. The minimum absolute atomic E-state index is 0.212. The van der Waals surface area contributed by atoms with Crippen molar-refractivity contribution in [2.45, 2.75) is 13.0 Å². The molecule has 1 aromatic heterocycles. The lowest BCUT2D eigenvalue weighted by atomic mass is 10.0. The molecule has 1 aromatic carbocycles. The van der Waals surface area contributed by atoms with Gasteiger partial charge in [-0.1, -0.05) is 12.1 Å². The molecular weight excluding hydrogens is 272 g/mol. The Labute approximate surface area is 123 Å². The molecule has 6 heteroatoms. The molecule has 1 unspecified atom stereocenters. The summed E-state index contributed by atoms with van der Waals surface area (Å²) in [6.07, 6.45) is 0.427. The minimum atomic E-state index is -1.01. The Kier molecular flexibility index (Phi) is 4.59. The summed E-state index contributed by atoms with van der Waals surface area (Å²) in [5.74, 6) is 1.12. The van der Waals surface area contributed by atoms with Crippen LogP contribution in [0.5, 0.6) is 17.5 Å². The molecule has 0 radical (unpaired) electrons. The first-order valence-electron chi connectivity index (χ1n) is 6.38. The summed E-state index contributed by atoms with van der Waals surface area (Å²) in [7, 11) is 4.51. The number of aryl methyl sites for hydroxylation is 1. The fourth-order valence-corrected chi connectivity index (χ4v) is 1.99. The Bertz CT molecular complexity index is 631. The quantitative estimate of drug-likeness (QED) is 0.906. The van der Waals surface area contributed by atoms with Crippen LogP contribution in [0.3, 0.4) is 0 Å². The lowest BCUT2D eigenvalue weighted by molar-refractivity contribution is 0.201. The summed E-state index contributed by atoms with van der Waals surface area (Å²) in [6.45, 7) is 1.95. The third-order valence-electron chi connectivity index (χ3n) is 3.09. The maximum absolute atomic E-state index is 10.6. The van der Waals surface area contributed by atoms with Crippen molar-refractivity contribution in [3.8, 4) is 17.5 Å². The molecule has 0 saturated heterocycles. The summed E-state index contributed by atoms with van der Waals surface area (Å²) in [6, 6.07) is 5.54. The zero-order valence-corrected chi connectivity index (χ0v) is 12.5. The van der Waals surface area contributed by atoms with E-state index in [2.05, 4.69) is 9.97 Å². The Morgan fingerprint density at radius 1 is 1.10 bits per heavy atom. The largest absolute Gasteiger partial charge is 0.496 e. The second-order valence-corrected chi connectivity index (χ2v) is 4.45. The first-order chi connectivity index (χ1) is 10.1. The fourth-order valence-electron chi connectivity index (χ4n) is 1.99. The maximum atomic E-state index is 10.6. The Balaban J connectivity index is 2.46. The van der Waals surface area contributed by atoms with Gasteiger partial charge in [0.2, 0.25) is 11.8 Å². The van der Waals surface area contributed by atoms with Gasteiger partial charge in [0.15, 0.2) is 0 Å². The zero-order chi connectivity index (χ0) is 15.4. The number of hydrogen-bond acceptors (Lipinski definition) is 6. The molecule has 1 heterocycles. The van der Waals surface area contributed by atoms with Crippen molar-refractivity contribution in [1.29, 1.82) is 0 Å². The number of aliphatic hydroxyl groups excluding tert-OH is 1. The fraction of sp³-hybridized carbons (Fsp3) is 0.333. The Hall–Kier alpha value is -2.34. The van der Waals surface area contributed by atoms with Crippen molar-refractivity contribution in [1.82, 2.24) is 9.97 Å². The van der Waals surface area contributed by atoms with E-state index in [0.717, 1.165) is 5.56 Å². The monoisotopic (exact) mass is 290 g/mol. The number of nitrogens with zero attached hydrogens (tertiary/aromatic N) is 2. The van der Waals surface area contributed by atoms with Crippen molar-refractivity contribution in [3.05, 3.63) is 41.2 Å². The van der Waals surface area contributed by atoms with Crippen LogP contribution in [0.1, 0.15) is 22.9 Å². The average molecular weight is 290 g/mol. The van der Waals surface area contributed by atoms with E-state index in [1.807, 2.05) is 19.1 Å². The van der Waals surface area contributed by atoms with E-state index in [0.29, 0.717) is 22.9 Å². The normalized spacial score (nSPS) is 11.9. The van der Waals surface area contributed by atoms with Crippen LogP contribution in [0.2, 0.25) is 0 Å². The minimum Gasteiger partial charge on any atom is -0.496 e. The van der Waals surface area contributed by atoms with E-state index in [1.165, 1.54) is 20.4 Å². The van der Waals surface area contributed by atoms with Crippen LogP contribution >= 0.6 is 0 Å². The van der Waals surface area contributed by atoms with Crippen molar-refractivity contribution in [3.63, 3.8) is 0 Å². The van der Waals surface area contributed by atoms with Crippen LogP contribution in [-0.2, 0) is 0 Å². The first kappa shape index (κ1) is 15.1.